The second kappa shape index (κ2) is 11.9. The molecule has 5 heteroatoms. The highest BCUT2D eigenvalue weighted by molar-refractivity contribution is 9.09. The van der Waals surface area contributed by atoms with E-state index in [4.69, 9.17) is 9.16 Å². The van der Waals surface area contributed by atoms with Crippen molar-refractivity contribution in [3.05, 3.63) is 48.0 Å². The minimum atomic E-state index is -1.68. The molecule has 26 heavy (non-hydrogen) atoms. The van der Waals surface area contributed by atoms with Gasteiger partial charge in [-0.3, -0.25) is 0 Å². The Bertz CT molecular complexity index is 598. The summed E-state index contributed by atoms with van der Waals surface area (Å²) < 4.78 is 12.1. The number of alkyl halides is 1. The van der Waals surface area contributed by atoms with E-state index in [1.54, 1.807) is 0 Å². The fraction of sp³-hybridized carbons (Fsp3) is 0.524. The number of hydrogen-bond acceptors (Lipinski definition) is 2. The molecular formula is C21H33BrO2Si2. The lowest BCUT2D eigenvalue weighted by Gasteiger charge is -2.25. The van der Waals surface area contributed by atoms with Gasteiger partial charge in [-0.25, -0.2) is 0 Å². The van der Waals surface area contributed by atoms with E-state index in [2.05, 4.69) is 84.4 Å². The van der Waals surface area contributed by atoms with Crippen molar-refractivity contribution in [3.8, 4) is 11.5 Å². The molecule has 144 valence electrons. The van der Waals surface area contributed by atoms with Crippen molar-refractivity contribution in [3.63, 3.8) is 0 Å². The van der Waals surface area contributed by atoms with Crippen LogP contribution in [-0.2, 0) is 15.8 Å². The average Bonchev–Trinajstić information content (AvgIpc) is 2.57. The maximum Gasteiger partial charge on any atom is 0.197 e. The van der Waals surface area contributed by atoms with Gasteiger partial charge in [0.15, 0.2) is 8.32 Å². The first-order valence-electron chi connectivity index (χ1n) is 9.24. The second-order valence-electron chi connectivity index (χ2n) is 8.06. The third-order valence-corrected chi connectivity index (χ3v) is 10.0. The van der Waals surface area contributed by atoms with E-state index in [-0.39, 0.29) is 6.10 Å². The fourth-order valence-corrected chi connectivity index (χ4v) is 4.24. The predicted octanol–water partition coefficient (Wildman–Crippen LogP) is 5.94. The molecule has 0 N–H and O–H groups in total. The molecular weight excluding hydrogens is 420 g/mol. The zero-order chi connectivity index (χ0) is 19.5. The van der Waals surface area contributed by atoms with E-state index in [0.717, 1.165) is 24.4 Å². The van der Waals surface area contributed by atoms with Crippen LogP contribution in [-0.4, -0.2) is 34.1 Å². The molecule has 0 spiro atoms. The highest BCUT2D eigenvalue weighted by atomic mass is 79.9. The van der Waals surface area contributed by atoms with Gasteiger partial charge in [-0.15, -0.1) is 11.5 Å². The molecule has 0 fully saturated rings. The zero-order valence-corrected chi connectivity index (χ0v) is 20.4. The Balaban J connectivity index is 2.46. The molecule has 0 heterocycles. The SMILES string of the molecule is C[Si](C)(C)C#CC[C@@H](/C=C\CCOCc1ccccc1)O[Si](C)(C)CBr. The van der Waals surface area contributed by atoms with Crippen molar-refractivity contribution < 1.29 is 9.16 Å². The van der Waals surface area contributed by atoms with Crippen LogP contribution in [0.2, 0.25) is 32.7 Å². The lowest BCUT2D eigenvalue weighted by molar-refractivity contribution is 0.125. The van der Waals surface area contributed by atoms with Crippen LogP contribution in [0, 0.1) is 11.5 Å². The van der Waals surface area contributed by atoms with Gasteiger partial charge in [0.1, 0.15) is 8.07 Å². The molecule has 0 aromatic heterocycles. The molecule has 0 unspecified atom stereocenters. The number of benzene rings is 1. The molecule has 1 atom stereocenters. The molecule has 1 aromatic carbocycles. The van der Waals surface area contributed by atoms with Crippen LogP contribution < -0.4 is 0 Å². The van der Waals surface area contributed by atoms with Gasteiger partial charge in [0.25, 0.3) is 0 Å². The Morgan fingerprint density at radius 3 is 2.42 bits per heavy atom. The summed E-state index contributed by atoms with van der Waals surface area (Å²) in [6, 6.07) is 10.3. The Morgan fingerprint density at radius 1 is 1.12 bits per heavy atom. The molecule has 1 aromatic rings. The Kier molecular flexibility index (Phi) is 10.7. The second-order valence-corrected chi connectivity index (χ2v) is 18.5. The monoisotopic (exact) mass is 452 g/mol. The maximum atomic E-state index is 6.36. The summed E-state index contributed by atoms with van der Waals surface area (Å²) in [4.78, 5) is 0.936. The van der Waals surface area contributed by atoms with E-state index >= 15 is 0 Å². The van der Waals surface area contributed by atoms with Crippen LogP contribution in [0.1, 0.15) is 18.4 Å². The maximum absolute atomic E-state index is 6.36. The van der Waals surface area contributed by atoms with Gasteiger partial charge in [0.05, 0.1) is 19.3 Å². The lowest BCUT2D eigenvalue weighted by atomic mass is 10.2. The molecule has 0 aliphatic heterocycles. The van der Waals surface area contributed by atoms with Gasteiger partial charge in [-0.1, -0.05) is 78.1 Å². The van der Waals surface area contributed by atoms with Gasteiger partial charge in [0.2, 0.25) is 0 Å². The quantitative estimate of drug-likeness (QED) is 0.143. The van der Waals surface area contributed by atoms with Gasteiger partial charge >= 0.3 is 0 Å². The molecule has 1 rings (SSSR count). The highest BCUT2D eigenvalue weighted by Gasteiger charge is 2.24. The van der Waals surface area contributed by atoms with Crippen molar-refractivity contribution in [2.75, 3.05) is 11.6 Å². The zero-order valence-electron chi connectivity index (χ0n) is 16.8. The normalized spacial score (nSPS) is 13.5. The number of ether oxygens (including phenoxy) is 1. The average molecular weight is 454 g/mol. The molecule has 0 aliphatic rings. The molecule has 0 aliphatic carbocycles. The summed E-state index contributed by atoms with van der Waals surface area (Å²) in [7, 11) is -3.01. The Labute approximate surface area is 170 Å². The molecule has 0 saturated heterocycles. The first kappa shape index (κ1) is 23.4. The predicted molar refractivity (Wildman–Crippen MR) is 122 cm³/mol. The Hall–Kier alpha value is -0.646. The van der Waals surface area contributed by atoms with Crippen LogP contribution in [0.3, 0.4) is 0 Å². The first-order valence-corrected chi connectivity index (χ1v) is 17.0. The summed E-state index contributed by atoms with van der Waals surface area (Å²) >= 11 is 3.59. The molecule has 0 amide bonds. The molecule has 0 radical (unpaired) electrons. The highest BCUT2D eigenvalue weighted by Crippen LogP contribution is 2.14. The number of rotatable bonds is 10. The molecule has 0 saturated carbocycles. The van der Waals surface area contributed by atoms with E-state index in [9.17, 15) is 0 Å². The standard InChI is InChI=1S/C21H33BrO2Si2/c1-25(2,3)17-11-15-21(24-26(4,5)19-22)14-9-10-16-23-18-20-12-7-6-8-13-20/h6-9,12-14,21H,10,15-16,18-19H2,1-5H3/b14-9-/t21-/m1/s1. The van der Waals surface area contributed by atoms with Gasteiger partial charge < -0.3 is 9.16 Å². The first-order chi connectivity index (χ1) is 12.2. The molecule has 0 bridgehead atoms. The lowest BCUT2D eigenvalue weighted by Crippen LogP contribution is -2.37. The molecule has 2 nitrogen and oxygen atoms in total. The van der Waals surface area contributed by atoms with Crippen molar-refractivity contribution in [1.82, 2.24) is 0 Å². The van der Waals surface area contributed by atoms with Crippen LogP contribution in [0.25, 0.3) is 0 Å². The van der Waals surface area contributed by atoms with Crippen molar-refractivity contribution in [2.24, 2.45) is 0 Å². The van der Waals surface area contributed by atoms with Crippen LogP contribution >= 0.6 is 15.9 Å². The van der Waals surface area contributed by atoms with E-state index < -0.39 is 16.4 Å². The van der Waals surface area contributed by atoms with Crippen LogP contribution in [0.15, 0.2) is 42.5 Å². The summed E-state index contributed by atoms with van der Waals surface area (Å²) in [5.41, 5.74) is 4.65. The summed E-state index contributed by atoms with van der Waals surface area (Å²) in [5, 5.41) is 0. The summed E-state index contributed by atoms with van der Waals surface area (Å²) in [6.45, 7) is 12.7. The summed E-state index contributed by atoms with van der Waals surface area (Å²) in [5.74, 6) is 3.36. The van der Waals surface area contributed by atoms with E-state index in [1.165, 1.54) is 5.56 Å². The minimum absolute atomic E-state index is 0.0761. The third-order valence-electron chi connectivity index (χ3n) is 3.45. The topological polar surface area (TPSA) is 18.5 Å². The van der Waals surface area contributed by atoms with Crippen LogP contribution in [0.4, 0.5) is 0 Å². The van der Waals surface area contributed by atoms with E-state index in [0.29, 0.717) is 6.61 Å². The fourth-order valence-electron chi connectivity index (χ4n) is 2.17. The van der Waals surface area contributed by atoms with Gasteiger partial charge in [0, 0.05) is 11.4 Å². The van der Waals surface area contributed by atoms with Gasteiger partial charge in [-0.05, 0) is 25.1 Å². The van der Waals surface area contributed by atoms with Gasteiger partial charge in [-0.2, -0.15) is 0 Å². The number of hydrogen-bond donors (Lipinski definition) is 0. The van der Waals surface area contributed by atoms with Crippen molar-refractivity contribution in [1.29, 1.82) is 0 Å². The van der Waals surface area contributed by atoms with Crippen molar-refractivity contribution in [2.45, 2.75) is 58.3 Å². The smallest absolute Gasteiger partial charge is 0.197 e. The van der Waals surface area contributed by atoms with Crippen LogP contribution in [0.5, 0.6) is 0 Å². The van der Waals surface area contributed by atoms with E-state index in [1.807, 2.05) is 18.2 Å². The number of halogens is 1. The third kappa shape index (κ3) is 11.9. The van der Waals surface area contributed by atoms with Crippen molar-refractivity contribution >= 4 is 32.3 Å². The minimum Gasteiger partial charge on any atom is -0.409 e. The summed E-state index contributed by atoms with van der Waals surface area (Å²) in [6.07, 6.45) is 6.08. The Morgan fingerprint density at radius 2 is 1.81 bits per heavy atom. The largest absolute Gasteiger partial charge is 0.409 e.